The number of Topliss-reactive ketones (excluding diaryl/α,β-unsaturated/α-hetero) is 1. The summed E-state index contributed by atoms with van der Waals surface area (Å²) in [5, 5.41) is 2.73. The zero-order valence-corrected chi connectivity index (χ0v) is 16.8. The third-order valence-electron chi connectivity index (χ3n) is 4.35. The van der Waals surface area contributed by atoms with Gasteiger partial charge in [-0.25, -0.2) is 0 Å². The van der Waals surface area contributed by atoms with Gasteiger partial charge in [0.05, 0.1) is 6.42 Å². The molecule has 1 atom stereocenters. The molecule has 0 aliphatic heterocycles. The van der Waals surface area contributed by atoms with E-state index in [9.17, 15) is 14.4 Å². The number of benzene rings is 2. The molecule has 0 spiro atoms. The molecule has 1 unspecified atom stereocenters. The molecular formula is C23H27NO4. The molecule has 2 aromatic rings. The first-order chi connectivity index (χ1) is 13.2. The summed E-state index contributed by atoms with van der Waals surface area (Å²) < 4.78 is 5.15. The number of amides is 1. The lowest BCUT2D eigenvalue weighted by molar-refractivity contribution is -0.153. The maximum absolute atomic E-state index is 12.2. The molecule has 148 valence electrons. The molecule has 0 saturated heterocycles. The fourth-order valence-corrected chi connectivity index (χ4v) is 2.59. The summed E-state index contributed by atoms with van der Waals surface area (Å²) in [7, 11) is 0. The first-order valence-corrected chi connectivity index (χ1v) is 9.36. The van der Waals surface area contributed by atoms with E-state index in [1.165, 1.54) is 6.92 Å². The maximum atomic E-state index is 12.2. The molecule has 1 amide bonds. The number of rotatable bonds is 7. The van der Waals surface area contributed by atoms with Crippen LogP contribution in [0.5, 0.6) is 0 Å². The van der Waals surface area contributed by atoms with Gasteiger partial charge in [-0.3, -0.25) is 14.4 Å². The van der Waals surface area contributed by atoms with E-state index < -0.39 is 18.0 Å². The molecule has 0 bridgehead atoms. The second-order valence-corrected chi connectivity index (χ2v) is 7.74. The Bertz CT molecular complexity index is 820. The van der Waals surface area contributed by atoms with Crippen LogP contribution in [-0.4, -0.2) is 23.8 Å². The van der Waals surface area contributed by atoms with Crippen molar-refractivity contribution in [3.05, 3.63) is 65.7 Å². The minimum atomic E-state index is -0.943. The SMILES string of the molecule is CC(OC(=O)CCC(=O)c1ccccc1)C(=O)Nc1ccc(C(C)(C)C)cc1. The Balaban J connectivity index is 1.81. The second kappa shape index (κ2) is 9.31. The van der Waals surface area contributed by atoms with Gasteiger partial charge in [-0.15, -0.1) is 0 Å². The van der Waals surface area contributed by atoms with Crippen molar-refractivity contribution in [1.82, 2.24) is 0 Å². The molecular weight excluding hydrogens is 354 g/mol. The second-order valence-electron chi connectivity index (χ2n) is 7.74. The van der Waals surface area contributed by atoms with E-state index >= 15 is 0 Å². The first kappa shape index (κ1) is 21.4. The quantitative estimate of drug-likeness (QED) is 0.565. The molecule has 0 radical (unpaired) electrons. The molecule has 5 nitrogen and oxygen atoms in total. The summed E-state index contributed by atoms with van der Waals surface area (Å²) in [5.74, 6) is -1.12. The molecule has 0 aliphatic rings. The molecule has 1 N–H and O–H groups in total. The van der Waals surface area contributed by atoms with Gasteiger partial charge in [0.1, 0.15) is 0 Å². The van der Waals surface area contributed by atoms with Crippen LogP contribution in [0, 0.1) is 0 Å². The number of nitrogens with one attached hydrogen (secondary N) is 1. The predicted octanol–water partition coefficient (Wildman–Crippen LogP) is 4.52. The van der Waals surface area contributed by atoms with Crippen LogP contribution in [0.4, 0.5) is 5.69 Å². The topological polar surface area (TPSA) is 72.5 Å². The van der Waals surface area contributed by atoms with E-state index in [0.29, 0.717) is 11.3 Å². The van der Waals surface area contributed by atoms with Gasteiger partial charge >= 0.3 is 5.97 Å². The fourth-order valence-electron chi connectivity index (χ4n) is 2.59. The van der Waals surface area contributed by atoms with E-state index in [1.807, 2.05) is 30.3 Å². The van der Waals surface area contributed by atoms with Crippen LogP contribution < -0.4 is 5.32 Å². The van der Waals surface area contributed by atoms with Crippen molar-refractivity contribution in [2.45, 2.75) is 52.1 Å². The van der Waals surface area contributed by atoms with Gasteiger partial charge in [0.25, 0.3) is 5.91 Å². The standard InChI is InChI=1S/C23H27NO4/c1-16(22(27)24-19-12-10-18(11-13-19)23(2,3)4)28-21(26)15-14-20(25)17-8-6-5-7-9-17/h5-13,16H,14-15H2,1-4H3,(H,24,27). The monoisotopic (exact) mass is 381 g/mol. The van der Waals surface area contributed by atoms with E-state index in [1.54, 1.807) is 24.3 Å². The van der Waals surface area contributed by atoms with Crippen LogP contribution in [0.2, 0.25) is 0 Å². The van der Waals surface area contributed by atoms with Crippen LogP contribution in [-0.2, 0) is 19.7 Å². The van der Waals surface area contributed by atoms with Crippen molar-refractivity contribution in [1.29, 1.82) is 0 Å². The van der Waals surface area contributed by atoms with Crippen molar-refractivity contribution in [2.75, 3.05) is 5.32 Å². The summed E-state index contributed by atoms with van der Waals surface area (Å²) >= 11 is 0. The smallest absolute Gasteiger partial charge is 0.307 e. The minimum Gasteiger partial charge on any atom is -0.453 e. The van der Waals surface area contributed by atoms with Gasteiger partial charge in [-0.2, -0.15) is 0 Å². The van der Waals surface area contributed by atoms with Gasteiger partial charge < -0.3 is 10.1 Å². The number of ketones is 1. The zero-order chi connectivity index (χ0) is 20.7. The molecule has 0 saturated carbocycles. The number of carbonyl (C=O) groups excluding carboxylic acids is 3. The Kier molecular flexibility index (Phi) is 7.10. The van der Waals surface area contributed by atoms with Crippen molar-refractivity contribution >= 4 is 23.3 Å². The Labute approximate surface area is 166 Å². The molecule has 0 aromatic heterocycles. The number of carbonyl (C=O) groups is 3. The highest BCUT2D eigenvalue weighted by Crippen LogP contribution is 2.23. The summed E-state index contributed by atoms with van der Waals surface area (Å²) in [6, 6.07) is 16.3. The maximum Gasteiger partial charge on any atom is 0.307 e. The number of anilines is 1. The number of ether oxygens (including phenoxy) is 1. The van der Waals surface area contributed by atoms with Crippen LogP contribution in [0.1, 0.15) is 56.5 Å². The molecule has 2 rings (SSSR count). The van der Waals surface area contributed by atoms with Crippen LogP contribution in [0.25, 0.3) is 0 Å². The molecule has 0 heterocycles. The average Bonchev–Trinajstić information content (AvgIpc) is 2.66. The van der Waals surface area contributed by atoms with Gasteiger partial charge in [-0.05, 0) is 30.0 Å². The average molecular weight is 381 g/mol. The Morgan fingerprint density at radius 1 is 0.929 bits per heavy atom. The van der Waals surface area contributed by atoms with Gasteiger partial charge in [0.15, 0.2) is 11.9 Å². The summed E-state index contributed by atoms with van der Waals surface area (Å²) in [6.07, 6.45) is -0.960. The minimum absolute atomic E-state index is 0.0303. The molecule has 28 heavy (non-hydrogen) atoms. The van der Waals surface area contributed by atoms with Gasteiger partial charge in [-0.1, -0.05) is 63.2 Å². The number of hydrogen-bond acceptors (Lipinski definition) is 4. The molecule has 0 aliphatic carbocycles. The van der Waals surface area contributed by atoms with Crippen LogP contribution in [0.15, 0.2) is 54.6 Å². The van der Waals surface area contributed by atoms with Crippen molar-refractivity contribution in [2.24, 2.45) is 0 Å². The largest absolute Gasteiger partial charge is 0.453 e. The van der Waals surface area contributed by atoms with Gasteiger partial charge in [0, 0.05) is 17.7 Å². The molecule has 2 aromatic carbocycles. The first-order valence-electron chi connectivity index (χ1n) is 9.36. The predicted molar refractivity (Wildman–Crippen MR) is 109 cm³/mol. The van der Waals surface area contributed by atoms with E-state index in [-0.39, 0.29) is 24.0 Å². The van der Waals surface area contributed by atoms with E-state index in [0.717, 1.165) is 5.56 Å². The third kappa shape index (κ3) is 6.34. The third-order valence-corrected chi connectivity index (χ3v) is 4.35. The lowest BCUT2D eigenvalue weighted by Gasteiger charge is -2.19. The van der Waals surface area contributed by atoms with Crippen molar-refractivity contribution in [3.8, 4) is 0 Å². The fraction of sp³-hybridized carbons (Fsp3) is 0.348. The summed E-state index contributed by atoms with van der Waals surface area (Å²) in [4.78, 5) is 36.2. The van der Waals surface area contributed by atoms with E-state index in [2.05, 4.69) is 26.1 Å². The van der Waals surface area contributed by atoms with Gasteiger partial charge in [0.2, 0.25) is 0 Å². The normalized spacial score (nSPS) is 12.1. The number of esters is 1. The Morgan fingerprint density at radius 2 is 1.54 bits per heavy atom. The number of hydrogen-bond donors (Lipinski definition) is 1. The summed E-state index contributed by atoms with van der Waals surface area (Å²) in [6.45, 7) is 7.86. The van der Waals surface area contributed by atoms with E-state index in [4.69, 9.17) is 4.74 Å². The Morgan fingerprint density at radius 3 is 2.11 bits per heavy atom. The lowest BCUT2D eigenvalue weighted by atomic mass is 9.87. The lowest BCUT2D eigenvalue weighted by Crippen LogP contribution is -2.30. The zero-order valence-electron chi connectivity index (χ0n) is 16.8. The van der Waals surface area contributed by atoms with Crippen molar-refractivity contribution < 1.29 is 19.1 Å². The van der Waals surface area contributed by atoms with Crippen LogP contribution >= 0.6 is 0 Å². The highest BCUT2D eigenvalue weighted by atomic mass is 16.5. The summed E-state index contributed by atoms with van der Waals surface area (Å²) in [5.41, 5.74) is 2.38. The highest BCUT2D eigenvalue weighted by molar-refractivity contribution is 5.98. The molecule has 5 heteroatoms. The van der Waals surface area contributed by atoms with Crippen molar-refractivity contribution in [3.63, 3.8) is 0 Å². The highest BCUT2D eigenvalue weighted by Gasteiger charge is 2.19. The Hall–Kier alpha value is -2.95. The molecule has 0 fully saturated rings. The van der Waals surface area contributed by atoms with Crippen LogP contribution in [0.3, 0.4) is 0 Å².